The molecule has 0 aliphatic carbocycles. The number of likely N-dealkylation sites (tertiary alicyclic amines) is 1. The number of para-hydroxylation sites is 2. The number of ether oxygens (including phenoxy) is 1. The average Bonchev–Trinajstić information content (AvgIpc) is 1.67. The number of rotatable bonds is 17. The van der Waals surface area contributed by atoms with Gasteiger partial charge in [-0.15, -0.1) is 20.4 Å². The van der Waals surface area contributed by atoms with E-state index in [0.717, 1.165) is 89.7 Å². The maximum atomic E-state index is 12.8. The van der Waals surface area contributed by atoms with Crippen LogP contribution in [0, 0.1) is 13.8 Å². The molecule has 3 fully saturated rings. The zero-order valence-electron chi connectivity index (χ0n) is 61.3. The van der Waals surface area contributed by atoms with E-state index in [4.69, 9.17) is 78.9 Å². The number of nitrogens with one attached hydrogen (secondary N) is 6. The molecule has 0 spiro atoms. The molecule has 17 rings (SSSR count). The van der Waals surface area contributed by atoms with Crippen molar-refractivity contribution < 1.29 is 68.7 Å². The fourth-order valence-corrected chi connectivity index (χ4v) is 15.5. The zero-order chi connectivity index (χ0) is 79.8. The first-order valence-electron chi connectivity index (χ1n) is 34.5. The number of nitrogens with two attached hydrogens (primary N) is 1. The number of nitrogens with zero attached hydrogens (tertiary/aromatic N) is 18. The van der Waals surface area contributed by atoms with Gasteiger partial charge in [-0.2, -0.15) is 19.9 Å². The van der Waals surface area contributed by atoms with Crippen molar-refractivity contribution in [1.82, 2.24) is 88.5 Å². The Kier molecular flexibility index (Phi) is 31.1. The Labute approximate surface area is 707 Å². The second kappa shape index (κ2) is 41.0. The molecule has 13 N–H and O–H groups in total. The normalized spacial score (nSPS) is 14.6. The summed E-state index contributed by atoms with van der Waals surface area (Å²) in [4.78, 5) is 86.6. The van der Waals surface area contributed by atoms with E-state index < -0.39 is 11.9 Å². The van der Waals surface area contributed by atoms with Gasteiger partial charge in [0.1, 0.15) is 41.6 Å². The monoisotopic (exact) mass is 1730 g/mol. The third kappa shape index (κ3) is 22.1. The minimum absolute atomic E-state index is 0. The first-order valence-corrected chi connectivity index (χ1v) is 39.6. The number of aryl methyl sites for hydroxylation is 2. The van der Waals surface area contributed by atoms with Gasteiger partial charge in [-0.1, -0.05) is 92.8 Å². The number of anilines is 11. The number of esters is 1. The molecular weight excluding hydrogens is 1660 g/mol. The molecule has 0 unspecified atom stereocenters. The van der Waals surface area contributed by atoms with Gasteiger partial charge < -0.3 is 78.1 Å². The quantitative estimate of drug-likeness (QED) is 0.0229. The van der Waals surface area contributed by atoms with Crippen LogP contribution < -0.4 is 61.4 Å². The summed E-state index contributed by atoms with van der Waals surface area (Å²) >= 11 is 34.1. The molecule has 3 atom stereocenters. The average molecular weight is 1730 g/mol. The van der Waals surface area contributed by atoms with Crippen LogP contribution in [0.3, 0.4) is 0 Å². The zero-order valence-corrected chi connectivity index (χ0v) is 68.4. The van der Waals surface area contributed by atoms with E-state index >= 15 is 0 Å². The largest absolute Gasteiger partial charge is 1.00 e. The number of benzene rings is 2. The van der Waals surface area contributed by atoms with Crippen molar-refractivity contribution >= 4 is 210 Å². The maximum absolute atomic E-state index is 12.8. The Morgan fingerprint density at radius 1 is 0.539 bits per heavy atom. The number of amides is 2. The van der Waals surface area contributed by atoms with E-state index in [9.17, 15) is 29.4 Å². The molecular formula is C70H71Cl5LiN25O10S4. The van der Waals surface area contributed by atoms with E-state index in [1.165, 1.54) is 66.1 Å². The number of aliphatic hydroxyl groups is 3. The Balaban J connectivity index is 0.000000153. The summed E-state index contributed by atoms with van der Waals surface area (Å²) in [5.74, 6) is 0.815. The van der Waals surface area contributed by atoms with Crippen molar-refractivity contribution in [3.8, 4) is 0 Å². The number of carbonyl (C=O) groups is 4. The van der Waals surface area contributed by atoms with E-state index in [1.807, 2.05) is 91.7 Å². The number of aromatic carboxylic acids is 1. The minimum atomic E-state index is -1.01. The summed E-state index contributed by atoms with van der Waals surface area (Å²) in [5.41, 5.74) is 11.7. The van der Waals surface area contributed by atoms with Crippen LogP contribution in [0.5, 0.6) is 0 Å². The van der Waals surface area contributed by atoms with Gasteiger partial charge in [0.2, 0.25) is 21.8 Å². The predicted molar refractivity (Wildman–Crippen MR) is 440 cm³/mol. The molecule has 2 aromatic carbocycles. The third-order valence-corrected chi connectivity index (χ3v) is 22.0. The number of carbonyl (C=O) groups excluding carboxylic acids is 3. The van der Waals surface area contributed by atoms with Crippen LogP contribution in [0.25, 0.3) is 22.1 Å². The Hall–Kier alpha value is -10.0. The molecule has 15 heterocycles. The second-order valence-corrected chi connectivity index (χ2v) is 30.6. The SMILES string of the molecule is COC(=O)c1cnc(Nc2nc(Cl)nn3cccc23)s1.Cc1cccc(Cl)c1N.Cc1cccc(Cl)c1NC(=O)c1cnc(Nc2nc(Cl)nn3cccc23)s1.O=C(O)c1cnc(Nc2nc(Cl)nn3cccc23)s1.O=C(c1cnc(Nc2nc(N3CCC[C@H]3CO)nn3cccc23)s1)N1CCC[C@H]1CO.OC[C@@H]1CCCN1.[Li+].[OH-]. The molecule has 115 heavy (non-hydrogen) atoms. The second-order valence-electron chi connectivity index (χ2n) is 24.7. The smallest absolute Gasteiger partial charge is 0.870 e. The van der Waals surface area contributed by atoms with Gasteiger partial charge in [0.05, 0.1) is 85.2 Å². The molecule has 12 aromatic heterocycles. The number of hydrogen-bond donors (Lipinski definition) is 11. The molecule has 45 heteroatoms. The van der Waals surface area contributed by atoms with Crippen LogP contribution in [-0.2, 0) is 4.74 Å². The molecule has 0 bridgehead atoms. The maximum Gasteiger partial charge on any atom is 1.00 e. The number of fused-ring (bicyclic) bond motifs is 4. The molecule has 0 saturated carbocycles. The summed E-state index contributed by atoms with van der Waals surface area (Å²) in [7, 11) is 1.32. The molecule has 0 radical (unpaired) electrons. The van der Waals surface area contributed by atoms with E-state index in [0.29, 0.717) is 105 Å². The third-order valence-electron chi connectivity index (χ3n) is 17.2. The van der Waals surface area contributed by atoms with Crippen molar-refractivity contribution in [3.05, 3.63) is 191 Å². The van der Waals surface area contributed by atoms with Crippen molar-refractivity contribution in [1.29, 1.82) is 0 Å². The number of halogens is 5. The fraction of sp³-hybridized carbons (Fsp3) is 0.257. The number of aliphatic hydroxyl groups excluding tert-OH is 3. The molecule has 35 nitrogen and oxygen atoms in total. The summed E-state index contributed by atoms with van der Waals surface area (Å²) in [5, 5.41) is 74.9. The van der Waals surface area contributed by atoms with Crippen LogP contribution in [0.2, 0.25) is 25.9 Å². The van der Waals surface area contributed by atoms with E-state index in [2.05, 4.69) is 91.9 Å². The van der Waals surface area contributed by atoms with Crippen LogP contribution in [0.1, 0.15) is 88.3 Å². The van der Waals surface area contributed by atoms with Crippen molar-refractivity contribution in [2.75, 3.05) is 83.8 Å². The number of methoxy groups -OCH3 is 1. The Bertz CT molecular complexity index is 5620. The number of aromatic nitrogens is 16. The van der Waals surface area contributed by atoms with Crippen molar-refractivity contribution in [3.63, 3.8) is 0 Å². The standard InChI is InChI=1S/C20H25N7O3S.C17H12Cl2N6OS.C11H8ClN5O2S.C10H6ClN5O2S.C7H8ClN.C5H11NO.Li.H2O/c28-11-13-4-1-7-25(13)18(30)16-10-21-20(31-16)23-17-15-6-3-9-27(15)24-19(22-17)26-8-2-5-14(26)12-29;1-9-4-2-5-10(18)13(9)21-15(26)12-8-20-17(27-12)23-14-11-6-3-7-25(11)24-16(19)22-14;1-19-9(18)7-5-13-11(20-7)15-8-6-3-2-4-17(6)16-10(12)14-8;11-9-13-7(5-2-1-3-16(5)15-9)14-10-12-4-6(19-10)8(17)18;1-5-3-2-4-6(8)7(5)9;7-4-5-2-1-3-6-5;;/h3,6,9-10,13-14,28-29H,1-2,4-5,7-8,11-12H2,(H,21,22,23,24);2-8H,1H3,(H,21,26)(H,20,22,23,24);2-5H,1H3,(H,13,14,15,16);1-4H,(H,17,18)(H,12,13,14,15);2-4H,9H2,1H3;5-7H,1-4H2;;1H2/q;;;;;;+1;/p-1/t13-,14-;;;;;5-;;/m0....0../s1. The molecule has 14 aromatic rings. The van der Waals surface area contributed by atoms with E-state index in [-0.39, 0.29) is 82.2 Å². The Morgan fingerprint density at radius 2 is 0.983 bits per heavy atom. The van der Waals surface area contributed by atoms with Gasteiger partial charge >= 0.3 is 30.8 Å². The summed E-state index contributed by atoms with van der Waals surface area (Å²) in [6.45, 7) is 6.72. The molecule has 2 amide bonds. The van der Waals surface area contributed by atoms with Gasteiger partial charge in [-0.25, -0.2) is 47.6 Å². The fourth-order valence-electron chi connectivity index (χ4n) is 11.6. The summed E-state index contributed by atoms with van der Waals surface area (Å²) < 4.78 is 11.2. The number of carboxylic acids is 1. The molecule has 3 aliphatic heterocycles. The van der Waals surface area contributed by atoms with Gasteiger partial charge in [0.25, 0.3) is 11.8 Å². The van der Waals surface area contributed by atoms with Crippen LogP contribution in [0.4, 0.5) is 61.1 Å². The van der Waals surface area contributed by atoms with Crippen LogP contribution >= 0.6 is 103 Å². The predicted octanol–water partition coefficient (Wildman–Crippen LogP) is 9.72. The van der Waals surface area contributed by atoms with Gasteiger partial charge in [0, 0.05) is 43.9 Å². The molecule has 3 saturated heterocycles. The topological polar surface area (TPSA) is 465 Å². The number of hydrogen-bond acceptors (Lipinski definition) is 32. The molecule has 596 valence electrons. The van der Waals surface area contributed by atoms with Crippen molar-refractivity contribution in [2.45, 2.75) is 70.5 Å². The number of carboxylic acid groups (broad SMARTS) is 1. The first-order chi connectivity index (χ1) is 54.6. The van der Waals surface area contributed by atoms with Crippen LogP contribution in [-0.4, -0.2) is 198 Å². The van der Waals surface area contributed by atoms with Gasteiger partial charge in [0.15, 0.2) is 43.8 Å². The van der Waals surface area contributed by atoms with Gasteiger partial charge in [-0.3, -0.25) is 9.59 Å². The van der Waals surface area contributed by atoms with E-state index in [1.54, 1.807) is 65.9 Å². The van der Waals surface area contributed by atoms with Gasteiger partial charge in [-0.05, 0) is 166 Å². The minimum Gasteiger partial charge on any atom is -0.870 e. The van der Waals surface area contributed by atoms with Crippen LogP contribution in [0.15, 0.2) is 135 Å². The summed E-state index contributed by atoms with van der Waals surface area (Å²) in [6.07, 6.45) is 18.9. The first kappa shape index (κ1) is 87.4. The number of thiazole rings is 4. The van der Waals surface area contributed by atoms with Crippen molar-refractivity contribution in [2.24, 2.45) is 0 Å². The Morgan fingerprint density at radius 3 is 1.43 bits per heavy atom. The number of nitrogen functional groups attached to an aromatic ring is 1. The molecule has 3 aliphatic rings. The summed E-state index contributed by atoms with van der Waals surface area (Å²) in [6, 6.07) is 26.1.